The number of nitrogens with zero attached hydrogens (tertiary/aromatic N) is 2. The Morgan fingerprint density at radius 3 is 2.41 bits per heavy atom. The Morgan fingerprint density at radius 1 is 0.971 bits per heavy atom. The fourth-order valence-electron chi connectivity index (χ4n) is 4.64. The second kappa shape index (κ2) is 8.97. The minimum Gasteiger partial charge on any atom is -0.440 e. The summed E-state index contributed by atoms with van der Waals surface area (Å²) in [5, 5.41) is 0. The summed E-state index contributed by atoms with van der Waals surface area (Å²) in [4.78, 5) is 17.3. The van der Waals surface area contributed by atoms with Crippen molar-refractivity contribution in [1.29, 1.82) is 0 Å². The van der Waals surface area contributed by atoms with Crippen molar-refractivity contribution in [2.45, 2.75) is 44.9 Å². The van der Waals surface area contributed by atoms with Gasteiger partial charge in [-0.1, -0.05) is 25.3 Å². The van der Waals surface area contributed by atoms with Gasteiger partial charge in [-0.05, 0) is 61.7 Å². The van der Waals surface area contributed by atoms with Crippen molar-refractivity contribution in [2.24, 2.45) is 0 Å². The molecular formula is C27H23F3N2O2. The van der Waals surface area contributed by atoms with Gasteiger partial charge in [-0.15, -0.1) is 0 Å². The monoisotopic (exact) mass is 464 g/mol. The molecule has 0 radical (unpaired) electrons. The molecule has 0 N–H and O–H groups in total. The first kappa shape index (κ1) is 22.2. The van der Waals surface area contributed by atoms with E-state index in [1.165, 1.54) is 36.9 Å². The van der Waals surface area contributed by atoms with Crippen molar-refractivity contribution in [3.8, 4) is 28.3 Å². The van der Waals surface area contributed by atoms with Crippen molar-refractivity contribution in [3.05, 3.63) is 94.0 Å². The third-order valence-corrected chi connectivity index (χ3v) is 6.39. The highest BCUT2D eigenvalue weighted by atomic mass is 19.1. The highest BCUT2D eigenvalue weighted by molar-refractivity contribution is 5.78. The number of halogens is 3. The van der Waals surface area contributed by atoms with Crippen LogP contribution in [-0.4, -0.2) is 9.55 Å². The smallest absolute Gasteiger partial charge is 0.255 e. The van der Waals surface area contributed by atoms with E-state index < -0.39 is 22.9 Å². The molecule has 2 heterocycles. The van der Waals surface area contributed by atoms with Gasteiger partial charge in [0.05, 0.1) is 0 Å². The van der Waals surface area contributed by atoms with Crippen LogP contribution in [0.1, 0.15) is 49.5 Å². The van der Waals surface area contributed by atoms with E-state index in [1.54, 1.807) is 19.1 Å². The molecule has 2 aromatic carbocycles. The SMILES string of the molecule is Cc1cc(F)ccc1-c1oc(C2CCCCC2)nc1-c1ccc(=O)n(-c2c(F)cccc2F)c1. The van der Waals surface area contributed by atoms with E-state index >= 15 is 0 Å². The standard InChI is InChI=1S/C27H23F3N2O2/c1-16-14-19(28)11-12-20(16)26-24(31-27(34-26)17-6-3-2-4-7-17)18-10-13-23(33)32(15-18)25-21(29)8-5-9-22(25)30/h5,8-15,17H,2-4,6-7H2,1H3. The molecule has 0 spiro atoms. The Kier molecular flexibility index (Phi) is 5.86. The molecule has 7 heteroatoms. The number of rotatable bonds is 4. The molecule has 1 aliphatic carbocycles. The summed E-state index contributed by atoms with van der Waals surface area (Å²) < 4.78 is 49.9. The van der Waals surface area contributed by atoms with Crippen molar-refractivity contribution < 1.29 is 17.6 Å². The minimum atomic E-state index is -0.850. The Balaban J connectivity index is 1.70. The summed E-state index contributed by atoms with van der Waals surface area (Å²) in [5.41, 5.74) is 1.21. The third-order valence-electron chi connectivity index (χ3n) is 6.39. The zero-order valence-corrected chi connectivity index (χ0v) is 18.7. The lowest BCUT2D eigenvalue weighted by molar-refractivity contribution is 0.367. The van der Waals surface area contributed by atoms with Gasteiger partial charge in [-0.2, -0.15) is 0 Å². The van der Waals surface area contributed by atoms with Crippen LogP contribution >= 0.6 is 0 Å². The summed E-state index contributed by atoms with van der Waals surface area (Å²) in [6.07, 6.45) is 6.64. The van der Waals surface area contributed by atoms with Gasteiger partial charge in [0.1, 0.15) is 28.8 Å². The minimum absolute atomic E-state index is 0.164. The van der Waals surface area contributed by atoms with Gasteiger partial charge in [0.25, 0.3) is 5.56 Å². The van der Waals surface area contributed by atoms with Crippen molar-refractivity contribution in [2.75, 3.05) is 0 Å². The highest BCUT2D eigenvalue weighted by Crippen LogP contribution is 2.40. The number of hydrogen-bond acceptors (Lipinski definition) is 3. The molecule has 34 heavy (non-hydrogen) atoms. The molecule has 2 aromatic heterocycles. The van der Waals surface area contributed by atoms with Crippen LogP contribution in [0.2, 0.25) is 0 Å². The Labute approximate surface area is 194 Å². The maximum atomic E-state index is 14.5. The third kappa shape index (κ3) is 4.06. The van der Waals surface area contributed by atoms with Crippen LogP contribution in [0.3, 0.4) is 0 Å². The van der Waals surface area contributed by atoms with Crippen LogP contribution in [0.4, 0.5) is 13.2 Å². The summed E-state index contributed by atoms with van der Waals surface area (Å²) in [5.74, 6) is -0.871. The molecule has 174 valence electrons. The van der Waals surface area contributed by atoms with Crippen LogP contribution in [0, 0.1) is 24.4 Å². The topological polar surface area (TPSA) is 48.0 Å². The van der Waals surface area contributed by atoms with Gasteiger partial charge in [0, 0.05) is 29.3 Å². The molecule has 0 saturated heterocycles. The van der Waals surface area contributed by atoms with Crippen molar-refractivity contribution >= 4 is 0 Å². The van der Waals surface area contributed by atoms with Gasteiger partial charge in [0.15, 0.2) is 11.7 Å². The van der Waals surface area contributed by atoms with Crippen molar-refractivity contribution in [1.82, 2.24) is 9.55 Å². The van der Waals surface area contributed by atoms with Gasteiger partial charge in [0.2, 0.25) is 0 Å². The van der Waals surface area contributed by atoms with E-state index in [1.807, 2.05) is 0 Å². The lowest BCUT2D eigenvalue weighted by Crippen LogP contribution is -2.19. The fourth-order valence-corrected chi connectivity index (χ4v) is 4.64. The highest BCUT2D eigenvalue weighted by Gasteiger charge is 2.26. The molecule has 0 bridgehead atoms. The second-order valence-electron chi connectivity index (χ2n) is 8.72. The number of aryl methyl sites for hydroxylation is 1. The Hall–Kier alpha value is -3.61. The predicted octanol–water partition coefficient (Wildman–Crippen LogP) is 6.93. The quantitative estimate of drug-likeness (QED) is 0.329. The Morgan fingerprint density at radius 2 is 1.71 bits per heavy atom. The first-order chi connectivity index (χ1) is 16.4. The molecule has 0 atom stereocenters. The number of oxazole rings is 1. The Bertz CT molecular complexity index is 1400. The predicted molar refractivity (Wildman–Crippen MR) is 123 cm³/mol. The molecule has 1 saturated carbocycles. The largest absolute Gasteiger partial charge is 0.440 e. The van der Waals surface area contributed by atoms with Crippen molar-refractivity contribution in [3.63, 3.8) is 0 Å². The van der Waals surface area contributed by atoms with Crippen LogP contribution < -0.4 is 5.56 Å². The zero-order valence-electron chi connectivity index (χ0n) is 18.7. The first-order valence-corrected chi connectivity index (χ1v) is 11.4. The molecule has 1 fully saturated rings. The number of aromatic nitrogens is 2. The normalized spacial score (nSPS) is 14.5. The van der Waals surface area contributed by atoms with E-state index in [2.05, 4.69) is 0 Å². The maximum Gasteiger partial charge on any atom is 0.255 e. The van der Waals surface area contributed by atoms with Gasteiger partial charge < -0.3 is 4.42 Å². The van der Waals surface area contributed by atoms with Crippen LogP contribution in [0.25, 0.3) is 28.3 Å². The molecule has 0 unspecified atom stereocenters. The molecule has 5 rings (SSSR count). The molecule has 0 amide bonds. The zero-order chi connectivity index (χ0) is 23.8. The first-order valence-electron chi connectivity index (χ1n) is 11.4. The van der Waals surface area contributed by atoms with Crippen LogP contribution in [-0.2, 0) is 0 Å². The summed E-state index contributed by atoms with van der Waals surface area (Å²) >= 11 is 0. The maximum absolute atomic E-state index is 14.5. The summed E-state index contributed by atoms with van der Waals surface area (Å²) in [6.45, 7) is 1.78. The van der Waals surface area contributed by atoms with Crippen LogP contribution in [0.5, 0.6) is 0 Å². The lowest BCUT2D eigenvalue weighted by atomic mass is 9.89. The molecule has 4 aromatic rings. The summed E-state index contributed by atoms with van der Waals surface area (Å²) in [7, 11) is 0. The number of hydrogen-bond donors (Lipinski definition) is 0. The van der Waals surface area contributed by atoms with Crippen LogP contribution in [0.15, 0.2) is 63.9 Å². The molecule has 0 aliphatic heterocycles. The number of benzene rings is 2. The lowest BCUT2D eigenvalue weighted by Gasteiger charge is -2.18. The summed E-state index contributed by atoms with van der Waals surface area (Å²) in [6, 6.07) is 10.6. The number of pyridine rings is 1. The van der Waals surface area contributed by atoms with E-state index in [9.17, 15) is 18.0 Å². The fraction of sp³-hybridized carbons (Fsp3) is 0.259. The van der Waals surface area contributed by atoms with E-state index in [4.69, 9.17) is 9.40 Å². The van der Waals surface area contributed by atoms with Gasteiger partial charge in [-0.25, -0.2) is 18.2 Å². The van der Waals surface area contributed by atoms with E-state index in [0.717, 1.165) is 42.4 Å². The second-order valence-corrected chi connectivity index (χ2v) is 8.72. The molecule has 1 aliphatic rings. The van der Waals surface area contributed by atoms with Gasteiger partial charge >= 0.3 is 0 Å². The molecular weight excluding hydrogens is 441 g/mol. The van der Waals surface area contributed by atoms with Gasteiger partial charge in [-0.3, -0.25) is 9.36 Å². The number of para-hydroxylation sites is 1. The van der Waals surface area contributed by atoms with E-state index in [-0.39, 0.29) is 11.7 Å². The molecule has 4 nitrogen and oxygen atoms in total. The average Bonchev–Trinajstić information content (AvgIpc) is 3.26. The average molecular weight is 464 g/mol. The van der Waals surface area contributed by atoms with E-state index in [0.29, 0.717) is 34.0 Å².